The predicted molar refractivity (Wildman–Crippen MR) is 77.0 cm³/mol. The number of carbonyl (C=O) groups excluding carboxylic acids is 1. The van der Waals surface area contributed by atoms with Crippen molar-refractivity contribution in [1.82, 2.24) is 20.2 Å². The molecule has 0 spiro atoms. The van der Waals surface area contributed by atoms with Crippen LogP contribution >= 0.6 is 0 Å². The van der Waals surface area contributed by atoms with E-state index >= 15 is 0 Å². The van der Waals surface area contributed by atoms with E-state index in [1.807, 2.05) is 30.3 Å². The van der Waals surface area contributed by atoms with Crippen LogP contribution in [0.1, 0.15) is 11.3 Å². The third kappa shape index (κ3) is 4.35. The van der Waals surface area contributed by atoms with Gasteiger partial charge in [-0.1, -0.05) is 6.07 Å². The van der Waals surface area contributed by atoms with E-state index in [0.717, 1.165) is 12.1 Å². The van der Waals surface area contributed by atoms with Crippen LogP contribution in [0.5, 0.6) is 0 Å². The van der Waals surface area contributed by atoms with Crippen LogP contribution in [0.4, 0.5) is 4.79 Å². The highest BCUT2D eigenvalue weighted by molar-refractivity contribution is 5.73. The summed E-state index contributed by atoms with van der Waals surface area (Å²) >= 11 is 0. The molecule has 0 aromatic carbocycles. The van der Waals surface area contributed by atoms with Crippen LogP contribution in [0, 0.1) is 0 Å². The van der Waals surface area contributed by atoms with E-state index < -0.39 is 0 Å². The molecule has 0 radical (unpaired) electrons. The fourth-order valence-electron chi connectivity index (χ4n) is 1.75. The first-order valence-electron chi connectivity index (χ1n) is 6.53. The van der Waals surface area contributed by atoms with E-state index in [1.165, 1.54) is 5.56 Å². The molecule has 0 aliphatic rings. The fraction of sp³-hybridized carbons (Fsp3) is 0.267. The van der Waals surface area contributed by atoms with Gasteiger partial charge < -0.3 is 10.2 Å². The molecule has 0 saturated carbocycles. The topological polar surface area (TPSA) is 58.1 Å². The van der Waals surface area contributed by atoms with Crippen LogP contribution in [0.25, 0.3) is 0 Å². The summed E-state index contributed by atoms with van der Waals surface area (Å²) in [5.41, 5.74) is 2.02. The molecule has 0 aliphatic heterocycles. The first kappa shape index (κ1) is 14.0. The molecule has 2 aromatic heterocycles. The molecule has 2 heterocycles. The summed E-state index contributed by atoms with van der Waals surface area (Å²) in [7, 11) is 1.79. The van der Waals surface area contributed by atoms with Gasteiger partial charge in [0.1, 0.15) is 0 Å². The van der Waals surface area contributed by atoms with E-state index in [-0.39, 0.29) is 6.03 Å². The normalized spacial score (nSPS) is 10.1. The molecule has 104 valence electrons. The van der Waals surface area contributed by atoms with Crippen LogP contribution in [-0.2, 0) is 13.0 Å². The predicted octanol–water partition coefficient (Wildman–Crippen LogP) is 1.86. The lowest BCUT2D eigenvalue weighted by Gasteiger charge is -2.17. The Bertz CT molecular complexity index is 530. The van der Waals surface area contributed by atoms with E-state index in [0.29, 0.717) is 13.1 Å². The van der Waals surface area contributed by atoms with Crippen LogP contribution < -0.4 is 5.32 Å². The lowest BCUT2D eigenvalue weighted by atomic mass is 10.2. The summed E-state index contributed by atoms with van der Waals surface area (Å²) in [5.74, 6) is 0. The molecule has 0 saturated heterocycles. The number of rotatable bonds is 5. The quantitative estimate of drug-likeness (QED) is 0.902. The standard InChI is InChI=1S/C15H18N4O/c1-19(11-7-13-5-9-16-10-6-13)15(20)18-12-14-4-2-3-8-17-14/h2-6,8-10H,7,11-12H2,1H3,(H,18,20). The summed E-state index contributed by atoms with van der Waals surface area (Å²) in [5, 5.41) is 2.85. The van der Waals surface area contributed by atoms with E-state index in [2.05, 4.69) is 15.3 Å². The number of likely N-dealkylation sites (N-methyl/N-ethyl adjacent to an activating group) is 1. The summed E-state index contributed by atoms with van der Waals surface area (Å²) in [6, 6.07) is 9.47. The average molecular weight is 270 g/mol. The minimum absolute atomic E-state index is 0.0929. The number of amides is 2. The zero-order chi connectivity index (χ0) is 14.2. The Labute approximate surface area is 118 Å². The highest BCUT2D eigenvalue weighted by Gasteiger charge is 2.08. The second-order valence-corrected chi connectivity index (χ2v) is 4.51. The molecule has 0 unspecified atom stereocenters. The van der Waals surface area contributed by atoms with Crippen LogP contribution in [0.15, 0.2) is 48.9 Å². The number of hydrogen-bond acceptors (Lipinski definition) is 3. The highest BCUT2D eigenvalue weighted by atomic mass is 16.2. The Kier molecular flexibility index (Phi) is 5.06. The number of hydrogen-bond donors (Lipinski definition) is 1. The van der Waals surface area contributed by atoms with Gasteiger partial charge in [0.2, 0.25) is 0 Å². The number of aromatic nitrogens is 2. The molecule has 2 aromatic rings. The van der Waals surface area contributed by atoms with Gasteiger partial charge in [-0.05, 0) is 36.2 Å². The number of carbonyl (C=O) groups is 1. The molecule has 0 aliphatic carbocycles. The van der Waals surface area contributed by atoms with Gasteiger partial charge in [0.25, 0.3) is 0 Å². The van der Waals surface area contributed by atoms with Gasteiger partial charge >= 0.3 is 6.03 Å². The third-order valence-electron chi connectivity index (χ3n) is 2.98. The summed E-state index contributed by atoms with van der Waals surface area (Å²) in [6.07, 6.45) is 6.05. The molecule has 20 heavy (non-hydrogen) atoms. The van der Waals surface area contributed by atoms with Crippen molar-refractivity contribution in [2.75, 3.05) is 13.6 Å². The van der Waals surface area contributed by atoms with Crippen molar-refractivity contribution in [2.24, 2.45) is 0 Å². The third-order valence-corrected chi connectivity index (χ3v) is 2.98. The summed E-state index contributed by atoms with van der Waals surface area (Å²) in [6.45, 7) is 1.11. The Balaban J connectivity index is 1.75. The van der Waals surface area contributed by atoms with Crippen molar-refractivity contribution in [1.29, 1.82) is 0 Å². The van der Waals surface area contributed by atoms with Gasteiger partial charge in [-0.2, -0.15) is 0 Å². The van der Waals surface area contributed by atoms with E-state index in [4.69, 9.17) is 0 Å². The molecule has 0 atom stereocenters. The molecular weight excluding hydrogens is 252 g/mol. The second kappa shape index (κ2) is 7.23. The smallest absolute Gasteiger partial charge is 0.317 e. The van der Waals surface area contributed by atoms with Crippen molar-refractivity contribution in [2.45, 2.75) is 13.0 Å². The lowest BCUT2D eigenvalue weighted by molar-refractivity contribution is 0.209. The van der Waals surface area contributed by atoms with Crippen molar-refractivity contribution < 1.29 is 4.79 Å². The van der Waals surface area contributed by atoms with Crippen molar-refractivity contribution in [3.63, 3.8) is 0 Å². The Morgan fingerprint density at radius 2 is 2.00 bits per heavy atom. The maximum Gasteiger partial charge on any atom is 0.317 e. The maximum absolute atomic E-state index is 11.9. The number of nitrogens with one attached hydrogen (secondary N) is 1. The van der Waals surface area contributed by atoms with Gasteiger partial charge in [0.15, 0.2) is 0 Å². The molecule has 0 bridgehead atoms. The number of urea groups is 1. The van der Waals surface area contributed by atoms with Gasteiger partial charge in [-0.25, -0.2) is 4.79 Å². The van der Waals surface area contributed by atoms with Crippen molar-refractivity contribution in [3.05, 3.63) is 60.2 Å². The molecule has 2 rings (SSSR count). The van der Waals surface area contributed by atoms with Gasteiger partial charge in [0, 0.05) is 32.2 Å². The van der Waals surface area contributed by atoms with E-state index in [9.17, 15) is 4.79 Å². The maximum atomic E-state index is 11.9. The first-order chi connectivity index (χ1) is 9.75. The Morgan fingerprint density at radius 1 is 1.20 bits per heavy atom. The zero-order valence-corrected chi connectivity index (χ0v) is 11.5. The van der Waals surface area contributed by atoms with Crippen molar-refractivity contribution in [3.8, 4) is 0 Å². The molecule has 5 heteroatoms. The lowest BCUT2D eigenvalue weighted by Crippen LogP contribution is -2.38. The first-order valence-corrected chi connectivity index (χ1v) is 6.53. The molecular formula is C15H18N4O. The van der Waals surface area contributed by atoms with Crippen molar-refractivity contribution >= 4 is 6.03 Å². The molecule has 0 fully saturated rings. The van der Waals surface area contributed by atoms with Crippen LogP contribution in [0.2, 0.25) is 0 Å². The van der Waals surface area contributed by atoms with Gasteiger partial charge in [-0.15, -0.1) is 0 Å². The minimum atomic E-state index is -0.0929. The molecule has 2 amide bonds. The Morgan fingerprint density at radius 3 is 2.70 bits per heavy atom. The SMILES string of the molecule is CN(CCc1ccncc1)C(=O)NCc1ccccn1. The largest absolute Gasteiger partial charge is 0.332 e. The summed E-state index contributed by atoms with van der Waals surface area (Å²) < 4.78 is 0. The molecule has 1 N–H and O–H groups in total. The van der Waals surface area contributed by atoms with Crippen LogP contribution in [-0.4, -0.2) is 34.5 Å². The van der Waals surface area contributed by atoms with Crippen LogP contribution in [0.3, 0.4) is 0 Å². The van der Waals surface area contributed by atoms with Gasteiger partial charge in [-0.3, -0.25) is 9.97 Å². The second-order valence-electron chi connectivity index (χ2n) is 4.51. The monoisotopic (exact) mass is 270 g/mol. The highest BCUT2D eigenvalue weighted by Crippen LogP contribution is 1.99. The minimum Gasteiger partial charge on any atom is -0.332 e. The zero-order valence-electron chi connectivity index (χ0n) is 11.5. The molecule has 5 nitrogen and oxygen atoms in total. The number of pyridine rings is 2. The number of nitrogens with zero attached hydrogens (tertiary/aromatic N) is 3. The summed E-state index contributed by atoms with van der Waals surface area (Å²) in [4.78, 5) is 21.7. The fourth-order valence-corrected chi connectivity index (χ4v) is 1.75. The van der Waals surface area contributed by atoms with E-state index in [1.54, 1.807) is 30.5 Å². The van der Waals surface area contributed by atoms with Gasteiger partial charge in [0.05, 0.1) is 12.2 Å². The Hall–Kier alpha value is -2.43. The average Bonchev–Trinajstić information content (AvgIpc) is 2.52.